The van der Waals surface area contributed by atoms with Crippen molar-refractivity contribution in [3.8, 4) is 5.75 Å². The summed E-state index contributed by atoms with van der Waals surface area (Å²) in [7, 11) is 1.76. The van der Waals surface area contributed by atoms with Crippen molar-refractivity contribution in [3.63, 3.8) is 0 Å². The van der Waals surface area contributed by atoms with Crippen LogP contribution in [0.25, 0.3) is 11.2 Å². The van der Waals surface area contributed by atoms with Crippen LogP contribution in [0, 0.1) is 0 Å². The SMILES string of the molecule is Cn1nnc2c(N3CCN(CC(=O)Nc4ccc(OC(F)(F)F)cc4)CC3)ncnc21. The van der Waals surface area contributed by atoms with Crippen LogP contribution in [0.4, 0.5) is 24.7 Å². The Bertz CT molecular complexity index is 1060. The number of ether oxygens (including phenoxy) is 1. The summed E-state index contributed by atoms with van der Waals surface area (Å²) in [5.41, 5.74) is 1.68. The maximum atomic E-state index is 12.3. The van der Waals surface area contributed by atoms with Gasteiger partial charge in [-0.2, -0.15) is 0 Å². The average Bonchev–Trinajstić information content (AvgIpc) is 3.10. The fourth-order valence-corrected chi connectivity index (χ4v) is 3.33. The van der Waals surface area contributed by atoms with E-state index in [0.29, 0.717) is 48.8 Å². The zero-order valence-corrected chi connectivity index (χ0v) is 16.5. The van der Waals surface area contributed by atoms with E-state index in [2.05, 4.69) is 35.2 Å². The topological polar surface area (TPSA) is 101 Å². The molecule has 4 rings (SSSR count). The number of hydrogen-bond acceptors (Lipinski definition) is 8. The minimum Gasteiger partial charge on any atom is -0.406 e. The van der Waals surface area contributed by atoms with Crippen LogP contribution >= 0.6 is 0 Å². The van der Waals surface area contributed by atoms with E-state index in [1.165, 1.54) is 18.5 Å². The molecule has 13 heteroatoms. The van der Waals surface area contributed by atoms with Crippen LogP contribution in [-0.4, -0.2) is 74.9 Å². The van der Waals surface area contributed by atoms with Crippen LogP contribution in [0.2, 0.25) is 0 Å². The van der Waals surface area contributed by atoms with Gasteiger partial charge >= 0.3 is 6.36 Å². The van der Waals surface area contributed by atoms with Crippen molar-refractivity contribution < 1.29 is 22.7 Å². The Kier molecular flexibility index (Phi) is 5.59. The number of fused-ring (bicyclic) bond motifs is 1. The molecule has 0 saturated carbocycles. The second-order valence-corrected chi connectivity index (χ2v) is 6.97. The first-order chi connectivity index (χ1) is 14.8. The summed E-state index contributed by atoms with van der Waals surface area (Å²) in [6, 6.07) is 5.02. The minimum absolute atomic E-state index is 0.166. The number of piperazine rings is 1. The summed E-state index contributed by atoms with van der Waals surface area (Å²) in [6.07, 6.45) is -3.27. The van der Waals surface area contributed by atoms with E-state index in [-0.39, 0.29) is 18.2 Å². The molecular weight excluding hydrogens is 417 g/mol. The van der Waals surface area contributed by atoms with Crippen LogP contribution in [-0.2, 0) is 11.8 Å². The Hall–Kier alpha value is -3.48. The van der Waals surface area contributed by atoms with E-state index in [1.807, 2.05) is 4.90 Å². The van der Waals surface area contributed by atoms with Crippen molar-refractivity contribution in [3.05, 3.63) is 30.6 Å². The number of halogens is 3. The fourth-order valence-electron chi connectivity index (χ4n) is 3.33. The normalized spacial score (nSPS) is 15.3. The number of hydrogen-bond donors (Lipinski definition) is 1. The van der Waals surface area contributed by atoms with Crippen molar-refractivity contribution in [2.45, 2.75) is 6.36 Å². The fraction of sp³-hybridized carbons (Fsp3) is 0.389. The number of aryl methyl sites for hydroxylation is 1. The van der Waals surface area contributed by atoms with Crippen molar-refractivity contribution in [2.24, 2.45) is 7.05 Å². The van der Waals surface area contributed by atoms with Gasteiger partial charge in [0.2, 0.25) is 5.91 Å². The lowest BCUT2D eigenvalue weighted by Gasteiger charge is -2.34. The van der Waals surface area contributed by atoms with Gasteiger partial charge in [0, 0.05) is 38.9 Å². The van der Waals surface area contributed by atoms with Crippen LogP contribution in [0.3, 0.4) is 0 Å². The molecule has 31 heavy (non-hydrogen) atoms. The maximum Gasteiger partial charge on any atom is 0.573 e. The van der Waals surface area contributed by atoms with E-state index in [9.17, 15) is 18.0 Å². The molecule has 0 spiro atoms. The van der Waals surface area contributed by atoms with Gasteiger partial charge in [0.25, 0.3) is 0 Å². The van der Waals surface area contributed by atoms with E-state index in [1.54, 1.807) is 11.7 Å². The third-order valence-corrected chi connectivity index (χ3v) is 4.78. The Morgan fingerprint density at radius 1 is 1.13 bits per heavy atom. The van der Waals surface area contributed by atoms with E-state index in [4.69, 9.17) is 0 Å². The monoisotopic (exact) mass is 436 g/mol. The van der Waals surface area contributed by atoms with Gasteiger partial charge in [-0.1, -0.05) is 5.21 Å². The molecule has 0 radical (unpaired) electrons. The van der Waals surface area contributed by atoms with Crippen LogP contribution in [0.1, 0.15) is 0 Å². The van der Waals surface area contributed by atoms with Crippen molar-refractivity contribution in [1.29, 1.82) is 0 Å². The second-order valence-electron chi connectivity index (χ2n) is 6.97. The highest BCUT2D eigenvalue weighted by molar-refractivity contribution is 5.92. The maximum absolute atomic E-state index is 12.3. The first kappa shape index (κ1) is 20.8. The van der Waals surface area contributed by atoms with Crippen molar-refractivity contribution in [1.82, 2.24) is 29.9 Å². The van der Waals surface area contributed by atoms with Gasteiger partial charge in [0.1, 0.15) is 12.1 Å². The Morgan fingerprint density at radius 2 is 1.84 bits per heavy atom. The highest BCUT2D eigenvalue weighted by atomic mass is 19.4. The summed E-state index contributed by atoms with van der Waals surface area (Å²) < 4.78 is 42.0. The van der Waals surface area contributed by atoms with Gasteiger partial charge in [-0.15, -0.1) is 18.3 Å². The van der Waals surface area contributed by atoms with Crippen LogP contribution in [0.15, 0.2) is 30.6 Å². The third kappa shape index (κ3) is 4.99. The predicted octanol–water partition coefficient (Wildman–Crippen LogP) is 1.42. The predicted molar refractivity (Wildman–Crippen MR) is 105 cm³/mol. The molecule has 0 unspecified atom stereocenters. The number of amides is 1. The highest BCUT2D eigenvalue weighted by Gasteiger charge is 2.31. The van der Waals surface area contributed by atoms with Gasteiger partial charge < -0.3 is 15.0 Å². The van der Waals surface area contributed by atoms with E-state index in [0.717, 1.165) is 12.1 Å². The average molecular weight is 436 g/mol. The molecule has 1 fully saturated rings. The summed E-state index contributed by atoms with van der Waals surface area (Å²) >= 11 is 0. The first-order valence-corrected chi connectivity index (χ1v) is 9.42. The van der Waals surface area contributed by atoms with Crippen LogP contribution < -0.4 is 15.0 Å². The molecule has 1 amide bonds. The molecule has 1 aliphatic heterocycles. The number of aromatic nitrogens is 5. The summed E-state index contributed by atoms with van der Waals surface area (Å²) in [6.45, 7) is 2.74. The summed E-state index contributed by atoms with van der Waals surface area (Å²) in [5.74, 6) is 0.114. The van der Waals surface area contributed by atoms with Crippen molar-refractivity contribution in [2.75, 3.05) is 42.9 Å². The summed E-state index contributed by atoms with van der Waals surface area (Å²) in [5, 5.41) is 10.8. The number of anilines is 2. The molecule has 3 heterocycles. The van der Waals surface area contributed by atoms with E-state index < -0.39 is 6.36 Å². The molecule has 1 aliphatic rings. The van der Waals surface area contributed by atoms with Crippen LogP contribution in [0.5, 0.6) is 5.75 Å². The summed E-state index contributed by atoms with van der Waals surface area (Å²) in [4.78, 5) is 24.9. The van der Waals surface area contributed by atoms with Gasteiger partial charge in [0.15, 0.2) is 17.0 Å². The molecule has 0 aliphatic carbocycles. The standard InChI is InChI=1S/C18H19F3N8O2/c1-27-16-15(25-26-27)17(23-11-22-16)29-8-6-28(7-9-29)10-14(30)24-12-2-4-13(5-3-12)31-18(19,20)21/h2-5,11H,6-10H2,1H3,(H,24,30). The number of nitrogens with zero attached hydrogens (tertiary/aromatic N) is 7. The molecule has 10 nitrogen and oxygen atoms in total. The Morgan fingerprint density at radius 3 is 2.52 bits per heavy atom. The smallest absolute Gasteiger partial charge is 0.406 e. The van der Waals surface area contributed by atoms with Gasteiger partial charge in [-0.3, -0.25) is 9.69 Å². The second kappa shape index (κ2) is 8.34. The Labute approximate surface area is 174 Å². The van der Waals surface area contributed by atoms with Gasteiger partial charge in [0.05, 0.1) is 6.54 Å². The lowest BCUT2D eigenvalue weighted by atomic mass is 10.2. The Balaban J connectivity index is 1.29. The van der Waals surface area contributed by atoms with Crippen molar-refractivity contribution >= 4 is 28.6 Å². The molecule has 164 valence electrons. The number of carbonyl (C=O) groups is 1. The molecule has 0 atom stereocenters. The first-order valence-electron chi connectivity index (χ1n) is 9.42. The van der Waals surface area contributed by atoms with E-state index >= 15 is 0 Å². The third-order valence-electron chi connectivity index (χ3n) is 4.78. The highest BCUT2D eigenvalue weighted by Crippen LogP contribution is 2.24. The lowest BCUT2D eigenvalue weighted by Crippen LogP contribution is -2.49. The molecular formula is C18H19F3N8O2. The zero-order chi connectivity index (χ0) is 22.0. The molecule has 1 aromatic carbocycles. The number of carbonyl (C=O) groups excluding carboxylic acids is 1. The molecule has 2 aromatic heterocycles. The quantitative estimate of drug-likeness (QED) is 0.641. The zero-order valence-electron chi connectivity index (χ0n) is 16.5. The minimum atomic E-state index is -4.75. The van der Waals surface area contributed by atoms with Gasteiger partial charge in [-0.25, -0.2) is 14.6 Å². The molecule has 1 N–H and O–H groups in total. The number of nitrogens with one attached hydrogen (secondary N) is 1. The number of benzene rings is 1. The van der Waals surface area contributed by atoms with Gasteiger partial charge in [-0.05, 0) is 24.3 Å². The molecule has 1 saturated heterocycles. The largest absolute Gasteiger partial charge is 0.573 e. The molecule has 0 bridgehead atoms. The number of rotatable bonds is 5. The molecule has 3 aromatic rings. The lowest BCUT2D eigenvalue weighted by molar-refractivity contribution is -0.274. The number of alkyl halides is 3.